The molecule has 0 radical (unpaired) electrons. The molecule has 1 saturated heterocycles. The zero-order chi connectivity index (χ0) is 14.9. The van der Waals surface area contributed by atoms with E-state index in [1.165, 1.54) is 6.92 Å². The van der Waals surface area contributed by atoms with Crippen LogP contribution in [0.5, 0.6) is 0 Å². The van der Waals surface area contributed by atoms with E-state index in [0.29, 0.717) is 37.7 Å². The van der Waals surface area contributed by atoms with Gasteiger partial charge in [-0.05, 0) is 26.8 Å². The summed E-state index contributed by atoms with van der Waals surface area (Å²) in [5.41, 5.74) is 0.829. The monoisotopic (exact) mass is 280 g/mol. The van der Waals surface area contributed by atoms with Crippen LogP contribution in [0.2, 0.25) is 0 Å². The van der Waals surface area contributed by atoms with E-state index in [4.69, 9.17) is 4.42 Å². The van der Waals surface area contributed by atoms with E-state index in [2.05, 4.69) is 0 Å². The molecule has 6 heteroatoms. The van der Waals surface area contributed by atoms with Gasteiger partial charge in [-0.2, -0.15) is 0 Å². The third-order valence-electron chi connectivity index (χ3n) is 3.47. The van der Waals surface area contributed by atoms with Gasteiger partial charge in [-0.25, -0.2) is 0 Å². The van der Waals surface area contributed by atoms with Crippen LogP contribution in [-0.2, 0) is 4.79 Å². The summed E-state index contributed by atoms with van der Waals surface area (Å²) in [5, 5.41) is 9.28. The number of rotatable bonds is 2. The van der Waals surface area contributed by atoms with Crippen LogP contribution in [-0.4, -0.2) is 59.0 Å². The van der Waals surface area contributed by atoms with Gasteiger partial charge in [0.2, 0.25) is 0 Å². The third kappa shape index (κ3) is 2.85. The van der Waals surface area contributed by atoms with E-state index >= 15 is 0 Å². The average molecular weight is 280 g/mol. The Morgan fingerprint density at radius 3 is 2.20 bits per heavy atom. The van der Waals surface area contributed by atoms with Crippen molar-refractivity contribution in [3.05, 3.63) is 23.2 Å². The molecule has 0 spiro atoms. The lowest BCUT2D eigenvalue weighted by atomic mass is 10.2. The number of aliphatic hydroxyl groups is 1. The predicted octanol–water partition coefficient (Wildman–Crippen LogP) is 0.562. The van der Waals surface area contributed by atoms with E-state index in [9.17, 15) is 14.7 Å². The Morgan fingerprint density at radius 1 is 1.20 bits per heavy atom. The maximum atomic E-state index is 12.3. The van der Waals surface area contributed by atoms with Crippen molar-refractivity contribution in [1.29, 1.82) is 0 Å². The highest BCUT2D eigenvalue weighted by atomic mass is 16.4. The van der Waals surface area contributed by atoms with Gasteiger partial charge in [0.15, 0.2) is 5.76 Å². The molecule has 0 bridgehead atoms. The highest BCUT2D eigenvalue weighted by Gasteiger charge is 2.28. The fourth-order valence-electron chi connectivity index (χ4n) is 2.39. The number of hydrogen-bond donors (Lipinski definition) is 1. The van der Waals surface area contributed by atoms with Gasteiger partial charge in [-0.3, -0.25) is 9.59 Å². The van der Waals surface area contributed by atoms with Crippen LogP contribution in [0, 0.1) is 13.8 Å². The molecule has 110 valence electrons. The molecule has 1 aliphatic rings. The summed E-state index contributed by atoms with van der Waals surface area (Å²) in [6.07, 6.45) is -0.993. The van der Waals surface area contributed by atoms with Gasteiger partial charge in [0.1, 0.15) is 11.9 Å². The van der Waals surface area contributed by atoms with E-state index in [1.807, 2.05) is 19.9 Å². The van der Waals surface area contributed by atoms with Crippen molar-refractivity contribution in [2.45, 2.75) is 26.9 Å². The van der Waals surface area contributed by atoms with Crippen LogP contribution in [0.1, 0.15) is 28.8 Å². The molecule has 1 unspecified atom stereocenters. The molecule has 1 atom stereocenters. The first-order chi connectivity index (χ1) is 9.40. The standard InChI is InChI=1S/C14H20N2O4/c1-9-8-10(2)20-12(9)14(19)16-6-4-15(5-7-16)13(18)11(3)17/h8,11,17H,4-7H2,1-3H3. The van der Waals surface area contributed by atoms with Crippen LogP contribution < -0.4 is 0 Å². The van der Waals surface area contributed by atoms with E-state index in [-0.39, 0.29) is 11.8 Å². The average Bonchev–Trinajstić information content (AvgIpc) is 2.76. The summed E-state index contributed by atoms with van der Waals surface area (Å²) in [5.74, 6) is 0.661. The lowest BCUT2D eigenvalue weighted by Crippen LogP contribution is -2.52. The normalized spacial score (nSPS) is 17.2. The fraction of sp³-hybridized carbons (Fsp3) is 0.571. The number of carbonyl (C=O) groups excluding carboxylic acids is 2. The van der Waals surface area contributed by atoms with Gasteiger partial charge in [0.25, 0.3) is 11.8 Å². The zero-order valence-corrected chi connectivity index (χ0v) is 12.0. The third-order valence-corrected chi connectivity index (χ3v) is 3.47. The Balaban J connectivity index is 1.99. The Labute approximate surface area is 118 Å². The molecule has 0 saturated carbocycles. The summed E-state index contributed by atoms with van der Waals surface area (Å²) in [7, 11) is 0. The predicted molar refractivity (Wildman–Crippen MR) is 72.3 cm³/mol. The van der Waals surface area contributed by atoms with Crippen molar-refractivity contribution in [3.63, 3.8) is 0 Å². The van der Waals surface area contributed by atoms with E-state index in [1.54, 1.807) is 9.80 Å². The van der Waals surface area contributed by atoms with Gasteiger partial charge >= 0.3 is 0 Å². The quantitative estimate of drug-likeness (QED) is 0.859. The Bertz CT molecular complexity index is 513. The summed E-state index contributed by atoms with van der Waals surface area (Å²) in [6.45, 7) is 6.89. The zero-order valence-electron chi connectivity index (χ0n) is 12.0. The molecule has 0 aliphatic carbocycles. The van der Waals surface area contributed by atoms with Crippen LogP contribution in [0.25, 0.3) is 0 Å². The molecular weight excluding hydrogens is 260 g/mol. The Kier molecular flexibility index (Phi) is 4.13. The van der Waals surface area contributed by atoms with Crippen LogP contribution in [0.3, 0.4) is 0 Å². The lowest BCUT2D eigenvalue weighted by molar-refractivity contribution is -0.140. The molecule has 2 heterocycles. The summed E-state index contributed by atoms with van der Waals surface area (Å²) in [6, 6.07) is 1.83. The van der Waals surface area contributed by atoms with Gasteiger partial charge in [-0.15, -0.1) is 0 Å². The minimum atomic E-state index is -0.993. The fourth-order valence-corrected chi connectivity index (χ4v) is 2.39. The molecule has 2 amide bonds. The number of aliphatic hydroxyl groups excluding tert-OH is 1. The highest BCUT2D eigenvalue weighted by Crippen LogP contribution is 2.17. The highest BCUT2D eigenvalue weighted by molar-refractivity contribution is 5.93. The van der Waals surface area contributed by atoms with Gasteiger partial charge in [0.05, 0.1) is 0 Å². The van der Waals surface area contributed by atoms with Crippen molar-refractivity contribution in [3.8, 4) is 0 Å². The molecule has 20 heavy (non-hydrogen) atoms. The van der Waals surface area contributed by atoms with Crippen molar-refractivity contribution in [1.82, 2.24) is 9.80 Å². The van der Waals surface area contributed by atoms with Gasteiger partial charge in [0, 0.05) is 31.7 Å². The van der Waals surface area contributed by atoms with Crippen LogP contribution in [0.15, 0.2) is 10.5 Å². The minimum absolute atomic E-state index is 0.139. The second kappa shape index (κ2) is 5.66. The molecule has 1 aromatic rings. The second-order valence-corrected chi connectivity index (χ2v) is 5.16. The SMILES string of the molecule is Cc1cc(C)c(C(=O)N2CCN(C(=O)C(C)O)CC2)o1. The number of amides is 2. The lowest BCUT2D eigenvalue weighted by Gasteiger charge is -2.35. The first kappa shape index (κ1) is 14.6. The van der Waals surface area contributed by atoms with Gasteiger partial charge < -0.3 is 19.3 Å². The number of hydrogen-bond acceptors (Lipinski definition) is 4. The molecule has 6 nitrogen and oxygen atoms in total. The van der Waals surface area contributed by atoms with Crippen molar-refractivity contribution >= 4 is 11.8 Å². The largest absolute Gasteiger partial charge is 0.456 e. The van der Waals surface area contributed by atoms with Crippen molar-refractivity contribution in [2.75, 3.05) is 26.2 Å². The van der Waals surface area contributed by atoms with Gasteiger partial charge in [-0.1, -0.05) is 0 Å². The first-order valence-electron chi connectivity index (χ1n) is 6.73. The van der Waals surface area contributed by atoms with Crippen LogP contribution in [0.4, 0.5) is 0 Å². The van der Waals surface area contributed by atoms with Crippen LogP contribution >= 0.6 is 0 Å². The maximum Gasteiger partial charge on any atom is 0.289 e. The first-order valence-corrected chi connectivity index (χ1v) is 6.73. The molecule has 0 aromatic carbocycles. The summed E-state index contributed by atoms with van der Waals surface area (Å²) < 4.78 is 5.43. The molecular formula is C14H20N2O4. The van der Waals surface area contributed by atoms with Crippen molar-refractivity contribution < 1.29 is 19.1 Å². The smallest absolute Gasteiger partial charge is 0.289 e. The Morgan fingerprint density at radius 2 is 1.75 bits per heavy atom. The Hall–Kier alpha value is -1.82. The number of piperazine rings is 1. The minimum Gasteiger partial charge on any atom is -0.456 e. The molecule has 2 rings (SSSR count). The summed E-state index contributed by atoms with van der Waals surface area (Å²) in [4.78, 5) is 27.2. The maximum absolute atomic E-state index is 12.3. The molecule has 1 aromatic heterocycles. The number of carbonyl (C=O) groups is 2. The molecule has 1 fully saturated rings. The number of nitrogens with zero attached hydrogens (tertiary/aromatic N) is 2. The van der Waals surface area contributed by atoms with E-state index < -0.39 is 6.10 Å². The van der Waals surface area contributed by atoms with E-state index in [0.717, 1.165) is 5.56 Å². The second-order valence-electron chi connectivity index (χ2n) is 5.16. The van der Waals surface area contributed by atoms with Crippen molar-refractivity contribution in [2.24, 2.45) is 0 Å². The number of furan rings is 1. The number of aryl methyl sites for hydroxylation is 2. The topological polar surface area (TPSA) is 74.0 Å². The molecule has 1 N–H and O–H groups in total. The molecule has 1 aliphatic heterocycles. The summed E-state index contributed by atoms with van der Waals surface area (Å²) >= 11 is 0.